The van der Waals surface area contributed by atoms with E-state index in [1.165, 1.54) is 4.57 Å². The Hall–Kier alpha value is -2.15. The quantitative estimate of drug-likeness (QED) is 0.750. The highest BCUT2D eigenvalue weighted by Gasteiger charge is 2.12. The van der Waals surface area contributed by atoms with Crippen molar-refractivity contribution in [3.05, 3.63) is 49.6 Å². The van der Waals surface area contributed by atoms with E-state index < -0.39 is 11.2 Å². The van der Waals surface area contributed by atoms with Crippen LogP contribution in [0, 0.1) is 0 Å². The molecular weight excluding hydrogens is 324 g/mol. The number of hydrogen-bond donors (Lipinski definition) is 2. The summed E-state index contributed by atoms with van der Waals surface area (Å²) in [6.45, 7) is 2.27. The first kappa shape index (κ1) is 12.9. The summed E-state index contributed by atoms with van der Waals surface area (Å²) in [7, 11) is 0. The predicted molar refractivity (Wildman–Crippen MR) is 79.8 cm³/mol. The minimum Gasteiger partial charge on any atom is -0.332 e. The van der Waals surface area contributed by atoms with E-state index in [1.54, 1.807) is 0 Å². The van der Waals surface area contributed by atoms with E-state index in [0.29, 0.717) is 23.5 Å². The second-order valence-electron chi connectivity index (χ2n) is 4.29. The minimum atomic E-state index is -0.453. The number of benzene rings is 1. The molecule has 2 aromatic heterocycles. The minimum absolute atomic E-state index is 0.310. The average Bonchev–Trinajstić information content (AvgIpc) is 2.85. The van der Waals surface area contributed by atoms with E-state index in [1.807, 2.05) is 31.2 Å². The molecule has 0 bridgehead atoms. The van der Waals surface area contributed by atoms with Crippen molar-refractivity contribution in [2.75, 3.05) is 0 Å². The van der Waals surface area contributed by atoms with Crippen LogP contribution in [0.15, 0.2) is 38.3 Å². The van der Waals surface area contributed by atoms with E-state index in [4.69, 9.17) is 0 Å². The molecule has 0 aliphatic rings. The molecule has 0 aliphatic carbocycles. The van der Waals surface area contributed by atoms with Gasteiger partial charge in [-0.05, 0) is 19.1 Å². The van der Waals surface area contributed by atoms with Crippen LogP contribution in [0.4, 0.5) is 0 Å². The van der Waals surface area contributed by atoms with Crippen molar-refractivity contribution >= 4 is 27.1 Å². The molecule has 7 heteroatoms. The van der Waals surface area contributed by atoms with Crippen LogP contribution in [0.5, 0.6) is 0 Å². The van der Waals surface area contributed by atoms with Gasteiger partial charge in [-0.2, -0.15) is 0 Å². The highest BCUT2D eigenvalue weighted by molar-refractivity contribution is 9.10. The summed E-state index contributed by atoms with van der Waals surface area (Å²) in [5, 5.41) is 0. The fourth-order valence-corrected chi connectivity index (χ4v) is 2.34. The number of aromatic nitrogens is 4. The molecule has 0 radical (unpaired) electrons. The second-order valence-corrected chi connectivity index (χ2v) is 5.21. The topological polar surface area (TPSA) is 83.5 Å². The molecular formula is C13H11BrN4O2. The van der Waals surface area contributed by atoms with Crippen LogP contribution in [0.3, 0.4) is 0 Å². The van der Waals surface area contributed by atoms with E-state index in [2.05, 4.69) is 30.9 Å². The largest absolute Gasteiger partial charge is 0.332 e. The highest BCUT2D eigenvalue weighted by atomic mass is 79.9. The monoisotopic (exact) mass is 334 g/mol. The Bertz CT molecular complexity index is 889. The van der Waals surface area contributed by atoms with Crippen LogP contribution in [0.2, 0.25) is 0 Å². The first-order valence-electron chi connectivity index (χ1n) is 6.09. The zero-order valence-electron chi connectivity index (χ0n) is 10.6. The molecule has 3 rings (SSSR count). The summed E-state index contributed by atoms with van der Waals surface area (Å²) in [6.07, 6.45) is 0. The summed E-state index contributed by atoms with van der Waals surface area (Å²) < 4.78 is 2.39. The molecule has 0 saturated heterocycles. The highest BCUT2D eigenvalue weighted by Crippen LogP contribution is 2.20. The van der Waals surface area contributed by atoms with Crippen molar-refractivity contribution in [2.24, 2.45) is 0 Å². The van der Waals surface area contributed by atoms with Crippen molar-refractivity contribution in [1.29, 1.82) is 0 Å². The van der Waals surface area contributed by atoms with Crippen LogP contribution in [0.25, 0.3) is 22.6 Å². The fourth-order valence-electron chi connectivity index (χ4n) is 2.08. The lowest BCUT2D eigenvalue weighted by atomic mass is 10.2. The molecule has 0 atom stereocenters. The molecule has 102 valence electrons. The lowest BCUT2D eigenvalue weighted by Gasteiger charge is -1.99. The zero-order valence-corrected chi connectivity index (χ0v) is 12.2. The molecule has 3 aromatic rings. The predicted octanol–water partition coefficient (Wildman–Crippen LogP) is 1.86. The number of nitrogens with one attached hydrogen (secondary N) is 2. The number of fused-ring (bicyclic) bond motifs is 1. The number of nitrogens with zero attached hydrogens (tertiary/aromatic N) is 2. The summed E-state index contributed by atoms with van der Waals surface area (Å²) in [4.78, 5) is 33.2. The molecule has 0 spiro atoms. The van der Waals surface area contributed by atoms with Gasteiger partial charge in [-0.3, -0.25) is 14.3 Å². The van der Waals surface area contributed by atoms with Gasteiger partial charge in [0.05, 0.1) is 0 Å². The van der Waals surface area contributed by atoms with Crippen molar-refractivity contribution in [1.82, 2.24) is 19.5 Å². The molecule has 2 heterocycles. The third-order valence-corrected chi connectivity index (χ3v) is 3.60. The van der Waals surface area contributed by atoms with Crippen molar-refractivity contribution in [2.45, 2.75) is 13.5 Å². The molecule has 0 unspecified atom stereocenters. The van der Waals surface area contributed by atoms with Gasteiger partial charge in [-0.1, -0.05) is 28.1 Å². The Labute approximate surface area is 121 Å². The van der Waals surface area contributed by atoms with E-state index in [9.17, 15) is 9.59 Å². The van der Waals surface area contributed by atoms with Gasteiger partial charge in [0.25, 0.3) is 5.56 Å². The van der Waals surface area contributed by atoms with Crippen LogP contribution in [-0.4, -0.2) is 19.5 Å². The summed E-state index contributed by atoms with van der Waals surface area (Å²) in [5.41, 5.74) is 0.631. The zero-order chi connectivity index (χ0) is 14.3. The van der Waals surface area contributed by atoms with Crippen LogP contribution < -0.4 is 11.2 Å². The Morgan fingerprint density at radius 3 is 2.55 bits per heavy atom. The van der Waals surface area contributed by atoms with Crippen LogP contribution in [-0.2, 0) is 6.54 Å². The number of aryl methyl sites for hydroxylation is 1. The Kier molecular flexibility index (Phi) is 3.06. The van der Waals surface area contributed by atoms with Gasteiger partial charge in [0.2, 0.25) is 0 Å². The Morgan fingerprint density at radius 1 is 1.20 bits per heavy atom. The number of rotatable bonds is 2. The second kappa shape index (κ2) is 4.75. The van der Waals surface area contributed by atoms with E-state index >= 15 is 0 Å². The molecule has 0 saturated carbocycles. The third kappa shape index (κ3) is 2.00. The molecule has 1 aromatic carbocycles. The van der Waals surface area contributed by atoms with Gasteiger partial charge >= 0.3 is 5.69 Å². The normalized spacial score (nSPS) is 11.1. The van der Waals surface area contributed by atoms with Gasteiger partial charge in [0.1, 0.15) is 11.3 Å². The van der Waals surface area contributed by atoms with Gasteiger partial charge in [0.15, 0.2) is 5.65 Å². The molecule has 0 amide bonds. The average molecular weight is 335 g/mol. The first-order valence-corrected chi connectivity index (χ1v) is 6.88. The molecule has 20 heavy (non-hydrogen) atoms. The van der Waals surface area contributed by atoms with Crippen LogP contribution >= 0.6 is 15.9 Å². The maximum absolute atomic E-state index is 11.8. The smallest absolute Gasteiger partial charge is 0.330 e. The SMILES string of the molecule is CCn1c(=O)[nH]c(=O)c2[nH]c(-c3ccc(Br)cc3)nc21. The van der Waals surface area contributed by atoms with Crippen LogP contribution in [0.1, 0.15) is 6.92 Å². The third-order valence-electron chi connectivity index (χ3n) is 3.07. The van der Waals surface area contributed by atoms with Gasteiger partial charge < -0.3 is 4.98 Å². The Morgan fingerprint density at radius 2 is 1.90 bits per heavy atom. The fraction of sp³-hybridized carbons (Fsp3) is 0.154. The number of H-pyrrole nitrogens is 2. The number of aromatic amines is 2. The van der Waals surface area contributed by atoms with Crippen molar-refractivity contribution in [3.63, 3.8) is 0 Å². The molecule has 0 aliphatic heterocycles. The number of halogens is 1. The summed E-state index contributed by atoms with van der Waals surface area (Å²) in [6, 6.07) is 7.54. The lowest BCUT2D eigenvalue weighted by molar-refractivity contribution is 0.720. The molecule has 6 nitrogen and oxygen atoms in total. The first-order chi connectivity index (χ1) is 9.60. The summed E-state index contributed by atoms with van der Waals surface area (Å²) >= 11 is 3.37. The van der Waals surface area contributed by atoms with Crippen molar-refractivity contribution < 1.29 is 0 Å². The van der Waals surface area contributed by atoms with Gasteiger partial charge in [0, 0.05) is 16.6 Å². The van der Waals surface area contributed by atoms with Gasteiger partial charge in [-0.25, -0.2) is 9.78 Å². The van der Waals surface area contributed by atoms with Crippen molar-refractivity contribution in [3.8, 4) is 11.4 Å². The number of hydrogen-bond acceptors (Lipinski definition) is 3. The maximum Gasteiger partial charge on any atom is 0.330 e. The molecule has 2 N–H and O–H groups in total. The summed E-state index contributed by atoms with van der Waals surface area (Å²) in [5.74, 6) is 0.561. The van der Waals surface area contributed by atoms with E-state index in [-0.39, 0.29) is 0 Å². The lowest BCUT2D eigenvalue weighted by Crippen LogP contribution is -2.29. The standard InChI is InChI=1S/C13H11BrN4O2/c1-2-18-11-9(12(19)17-13(18)20)15-10(16-11)7-3-5-8(14)6-4-7/h3-6H,2H2,1H3,(H,15,16)(H,17,19,20). The molecule has 0 fully saturated rings. The Balaban J connectivity index is 2.30. The number of imidazole rings is 1. The van der Waals surface area contributed by atoms with E-state index in [0.717, 1.165) is 10.0 Å². The van der Waals surface area contributed by atoms with Gasteiger partial charge in [-0.15, -0.1) is 0 Å². The maximum atomic E-state index is 11.8.